The Morgan fingerprint density at radius 2 is 1.97 bits per heavy atom. The average Bonchev–Trinajstić information content (AvgIpc) is 3.10. The second kappa shape index (κ2) is 9.61. The number of carboxylic acids is 1. The summed E-state index contributed by atoms with van der Waals surface area (Å²) in [7, 11) is 1.34. The van der Waals surface area contributed by atoms with Crippen LogP contribution in [0.1, 0.15) is 27.7 Å². The maximum Gasteiger partial charge on any atom is 0.348 e. The van der Waals surface area contributed by atoms with E-state index >= 15 is 0 Å². The third kappa shape index (κ3) is 5.40. The molecule has 1 aromatic heterocycles. The molecule has 0 amide bonds. The lowest BCUT2D eigenvalue weighted by atomic mass is 10.0. The van der Waals surface area contributed by atoms with Gasteiger partial charge in [0, 0.05) is 20.4 Å². The molecule has 0 aliphatic rings. The number of methoxy groups -OCH3 is 1. The van der Waals surface area contributed by atoms with Crippen LogP contribution in [0.3, 0.4) is 0 Å². The monoisotopic (exact) mass is 482 g/mol. The minimum atomic E-state index is -1.00. The molecule has 0 saturated carbocycles. The Morgan fingerprint density at radius 3 is 2.63 bits per heavy atom. The lowest BCUT2D eigenvalue weighted by Gasteiger charge is -2.21. The maximum atomic E-state index is 11.7. The van der Waals surface area contributed by atoms with E-state index in [2.05, 4.69) is 10.6 Å². The van der Waals surface area contributed by atoms with Gasteiger partial charge in [-0.2, -0.15) is 0 Å². The first kappa shape index (κ1) is 22.3. The number of carbonyl (C=O) groups is 2. The normalized spacial score (nSPS) is 11.7. The molecule has 156 valence electrons. The first-order valence-electron chi connectivity index (χ1n) is 8.63. The van der Waals surface area contributed by atoms with Crippen LogP contribution in [-0.2, 0) is 9.53 Å². The summed E-state index contributed by atoms with van der Waals surface area (Å²) in [5.74, 6) is -1.39. The second-order valence-electron chi connectivity index (χ2n) is 6.27. The topological polar surface area (TPSA) is 87.7 Å². The van der Waals surface area contributed by atoms with Gasteiger partial charge in [0.15, 0.2) is 5.11 Å². The molecule has 10 heteroatoms. The van der Waals surface area contributed by atoms with Gasteiger partial charge in [-0.3, -0.25) is 4.79 Å². The highest BCUT2D eigenvalue weighted by molar-refractivity contribution is 7.80. The van der Waals surface area contributed by atoms with Gasteiger partial charge in [0.25, 0.3) is 0 Å². The number of aliphatic carboxylic acids is 1. The van der Waals surface area contributed by atoms with Crippen LogP contribution in [-0.4, -0.2) is 29.3 Å². The summed E-state index contributed by atoms with van der Waals surface area (Å²) >= 11 is 18.9. The number of thiocarbonyl (C=S) groups is 1. The second-order valence-corrected chi connectivity index (χ2v) is 8.61. The van der Waals surface area contributed by atoms with Gasteiger partial charge in [-0.15, -0.1) is 11.3 Å². The molecule has 0 aliphatic heterocycles. The van der Waals surface area contributed by atoms with Gasteiger partial charge in [0.05, 0.1) is 19.6 Å². The summed E-state index contributed by atoms with van der Waals surface area (Å²) in [4.78, 5) is 23.5. The number of hydrogen-bond donors (Lipinski definition) is 3. The lowest BCUT2D eigenvalue weighted by Crippen LogP contribution is -2.33. The fraction of sp³-hybridized carbons (Fsp3) is 0.150. The first-order valence-corrected chi connectivity index (χ1v) is 10.6. The molecular weight excluding hydrogens is 467 g/mol. The summed E-state index contributed by atoms with van der Waals surface area (Å²) in [6, 6.07) is 11.5. The molecule has 6 nitrogen and oxygen atoms in total. The smallest absolute Gasteiger partial charge is 0.348 e. The fourth-order valence-corrected chi connectivity index (χ4v) is 4.61. The number of benzene rings is 2. The summed E-state index contributed by atoms with van der Waals surface area (Å²) in [5, 5.41) is 17.2. The quantitative estimate of drug-likeness (QED) is 0.315. The fourth-order valence-electron chi connectivity index (χ4n) is 2.85. The summed E-state index contributed by atoms with van der Waals surface area (Å²) in [6.07, 6.45) is -0.227. The van der Waals surface area contributed by atoms with Crippen LogP contribution in [0.15, 0.2) is 42.5 Å². The lowest BCUT2D eigenvalue weighted by molar-refractivity contribution is -0.137. The number of hydrogen-bond acceptors (Lipinski definition) is 5. The Balaban J connectivity index is 1.77. The number of rotatable bonds is 6. The first-order chi connectivity index (χ1) is 14.3. The number of thiophene rings is 1. The van der Waals surface area contributed by atoms with Crippen LogP contribution in [0, 0.1) is 0 Å². The van der Waals surface area contributed by atoms with E-state index in [0.29, 0.717) is 26.2 Å². The zero-order chi connectivity index (χ0) is 21.8. The number of ether oxygens (including phenoxy) is 1. The van der Waals surface area contributed by atoms with E-state index in [4.69, 9.17) is 40.2 Å². The van der Waals surface area contributed by atoms with E-state index < -0.39 is 12.0 Å². The number of carbonyl (C=O) groups excluding carboxylic acids is 1. The predicted molar refractivity (Wildman–Crippen MR) is 124 cm³/mol. The van der Waals surface area contributed by atoms with Crippen molar-refractivity contribution in [2.24, 2.45) is 0 Å². The van der Waals surface area contributed by atoms with Crippen molar-refractivity contribution in [1.82, 2.24) is 5.32 Å². The number of fused-ring (bicyclic) bond motifs is 1. The molecule has 0 spiro atoms. The maximum absolute atomic E-state index is 11.7. The van der Waals surface area contributed by atoms with Crippen molar-refractivity contribution in [1.29, 1.82) is 0 Å². The zero-order valence-electron chi connectivity index (χ0n) is 15.6. The number of nitrogens with one attached hydrogen (secondary N) is 2. The van der Waals surface area contributed by atoms with Crippen molar-refractivity contribution >= 4 is 79.6 Å². The number of halogens is 2. The third-order valence-electron chi connectivity index (χ3n) is 4.18. The molecule has 3 rings (SSSR count). The van der Waals surface area contributed by atoms with Gasteiger partial charge >= 0.3 is 11.9 Å². The van der Waals surface area contributed by atoms with Gasteiger partial charge in [-0.05, 0) is 59.6 Å². The summed E-state index contributed by atoms with van der Waals surface area (Å²) in [6.45, 7) is 0. The number of carboxylic acid groups (broad SMARTS) is 1. The Labute approximate surface area is 191 Å². The van der Waals surface area contributed by atoms with Gasteiger partial charge in [0.1, 0.15) is 4.88 Å². The highest BCUT2D eigenvalue weighted by Gasteiger charge is 2.20. The minimum absolute atomic E-state index is 0.227. The molecular formula is C20H16Cl2N2O4S2. The van der Waals surface area contributed by atoms with E-state index in [1.165, 1.54) is 18.4 Å². The Kier molecular flexibility index (Phi) is 7.14. The molecule has 0 fully saturated rings. The van der Waals surface area contributed by atoms with Gasteiger partial charge < -0.3 is 20.5 Å². The molecule has 3 aromatic rings. The van der Waals surface area contributed by atoms with E-state index in [0.717, 1.165) is 10.1 Å². The molecule has 3 N–H and O–H groups in total. The third-order valence-corrected chi connectivity index (χ3v) is 6.06. The molecule has 1 unspecified atom stereocenters. The van der Waals surface area contributed by atoms with Crippen molar-refractivity contribution in [3.63, 3.8) is 0 Å². The minimum Gasteiger partial charge on any atom is -0.481 e. The van der Waals surface area contributed by atoms with Gasteiger partial charge in [0.2, 0.25) is 0 Å². The zero-order valence-corrected chi connectivity index (χ0v) is 18.7. The predicted octanol–water partition coefficient (Wildman–Crippen LogP) is 5.50. The number of anilines is 1. The molecule has 1 atom stereocenters. The largest absolute Gasteiger partial charge is 0.481 e. The van der Waals surface area contributed by atoms with E-state index in [1.54, 1.807) is 24.3 Å². The Morgan fingerprint density at radius 1 is 1.20 bits per heavy atom. The van der Waals surface area contributed by atoms with Crippen molar-refractivity contribution in [2.45, 2.75) is 12.5 Å². The van der Waals surface area contributed by atoms with Crippen LogP contribution in [0.4, 0.5) is 5.69 Å². The summed E-state index contributed by atoms with van der Waals surface area (Å²) < 4.78 is 5.68. The van der Waals surface area contributed by atoms with Crippen LogP contribution < -0.4 is 10.6 Å². The highest BCUT2D eigenvalue weighted by Crippen LogP contribution is 2.30. The number of esters is 1. The van der Waals surface area contributed by atoms with Gasteiger partial charge in [-0.1, -0.05) is 29.3 Å². The van der Waals surface area contributed by atoms with Crippen molar-refractivity contribution in [2.75, 3.05) is 12.4 Å². The summed E-state index contributed by atoms with van der Waals surface area (Å²) in [5.41, 5.74) is 1.26. The molecule has 2 aromatic carbocycles. The Bertz CT molecular complexity index is 1130. The van der Waals surface area contributed by atoms with Crippen LogP contribution in [0.5, 0.6) is 0 Å². The Hall–Kier alpha value is -2.39. The van der Waals surface area contributed by atoms with Crippen LogP contribution >= 0.6 is 46.8 Å². The standard InChI is InChI=1S/C20H16Cl2N2O4S2/c1-28-19(27)17-7-10-6-12(3-5-16(10)30-17)23-20(29)24-15(9-18(25)26)13-4-2-11(21)8-14(13)22/h2-8,15H,9H2,1H3,(H,25,26)(H2,23,24,29). The van der Waals surface area contributed by atoms with Crippen LogP contribution in [0.25, 0.3) is 10.1 Å². The van der Waals surface area contributed by atoms with Crippen LogP contribution in [0.2, 0.25) is 10.0 Å². The SMILES string of the molecule is COC(=O)c1cc2cc(NC(=S)NC(CC(=O)O)c3ccc(Cl)cc3Cl)ccc2s1. The molecule has 0 radical (unpaired) electrons. The average molecular weight is 483 g/mol. The van der Waals surface area contributed by atoms with E-state index in [-0.39, 0.29) is 17.5 Å². The van der Waals surface area contributed by atoms with Crippen molar-refractivity contribution in [3.8, 4) is 0 Å². The van der Waals surface area contributed by atoms with Crippen molar-refractivity contribution in [3.05, 3.63) is 63.0 Å². The molecule has 30 heavy (non-hydrogen) atoms. The van der Waals surface area contributed by atoms with E-state index in [1.807, 2.05) is 18.2 Å². The molecule has 0 aliphatic carbocycles. The van der Waals surface area contributed by atoms with Crippen molar-refractivity contribution < 1.29 is 19.4 Å². The highest BCUT2D eigenvalue weighted by atomic mass is 35.5. The molecule has 1 heterocycles. The van der Waals surface area contributed by atoms with Gasteiger partial charge in [-0.25, -0.2) is 4.79 Å². The van der Waals surface area contributed by atoms with E-state index in [9.17, 15) is 14.7 Å². The molecule has 0 saturated heterocycles. The molecule has 0 bridgehead atoms.